The zero-order chi connectivity index (χ0) is 23.5. The number of fused-ring (bicyclic) bond motifs is 3. The van der Waals surface area contributed by atoms with Crippen molar-refractivity contribution in [1.29, 1.82) is 0 Å². The molecule has 8 heteroatoms. The molecular weight excluding hydrogens is 432 g/mol. The molecule has 0 fully saturated rings. The third kappa shape index (κ3) is 6.85. The van der Waals surface area contributed by atoms with Gasteiger partial charge in [0.15, 0.2) is 0 Å². The molecule has 1 aromatic heterocycles. The quantitative estimate of drug-likeness (QED) is 0.464. The van der Waals surface area contributed by atoms with Crippen LogP contribution in [-0.2, 0) is 32.0 Å². The van der Waals surface area contributed by atoms with Gasteiger partial charge in [-0.25, -0.2) is 4.79 Å². The number of nitrogens with zero attached hydrogens (tertiary/aromatic N) is 1. The molecule has 0 spiro atoms. The lowest BCUT2D eigenvalue weighted by molar-refractivity contribution is -0.138. The number of methoxy groups -OCH3 is 2. The second kappa shape index (κ2) is 12.5. The van der Waals surface area contributed by atoms with E-state index in [1.165, 1.54) is 32.1 Å². The fourth-order valence-electron chi connectivity index (χ4n) is 3.18. The standard InChI is InChI=1S/C13H13ClN2O.C8H8O2.C3H6O2/c14-7-13(17)16-6-5-10-9-3-1-2-4-11(9)15-12(10)8-16;1-10-8(9)7-5-3-2-4-6-7;1-3(4)5-2/h1-4,15H,5-8H2;2-6H,1H3;1-2H3. The molecule has 0 bridgehead atoms. The predicted octanol–water partition coefficient (Wildman–Crippen LogP) is 3.94. The number of esters is 2. The smallest absolute Gasteiger partial charge is 0.337 e. The number of carbonyl (C=O) groups is 3. The minimum Gasteiger partial charge on any atom is -0.469 e. The van der Waals surface area contributed by atoms with E-state index in [9.17, 15) is 14.4 Å². The van der Waals surface area contributed by atoms with E-state index in [1.807, 2.05) is 23.1 Å². The number of H-pyrrole nitrogens is 1. The van der Waals surface area contributed by atoms with Gasteiger partial charge in [-0.1, -0.05) is 36.4 Å². The summed E-state index contributed by atoms with van der Waals surface area (Å²) < 4.78 is 8.61. The summed E-state index contributed by atoms with van der Waals surface area (Å²) in [6.07, 6.45) is 0.905. The van der Waals surface area contributed by atoms with Crippen LogP contribution in [0.4, 0.5) is 0 Å². The van der Waals surface area contributed by atoms with Crippen LogP contribution in [0.25, 0.3) is 10.9 Å². The zero-order valence-corrected chi connectivity index (χ0v) is 19.1. The zero-order valence-electron chi connectivity index (χ0n) is 18.4. The van der Waals surface area contributed by atoms with Gasteiger partial charge < -0.3 is 19.4 Å². The van der Waals surface area contributed by atoms with Gasteiger partial charge in [0.05, 0.1) is 26.3 Å². The van der Waals surface area contributed by atoms with Gasteiger partial charge in [0.25, 0.3) is 0 Å². The summed E-state index contributed by atoms with van der Waals surface area (Å²) in [6, 6.07) is 17.1. The van der Waals surface area contributed by atoms with Gasteiger partial charge in [0.2, 0.25) is 5.91 Å². The average Bonchev–Trinajstić information content (AvgIpc) is 3.22. The lowest BCUT2D eigenvalue weighted by Gasteiger charge is -2.26. The number of aromatic nitrogens is 1. The van der Waals surface area contributed by atoms with Crippen LogP contribution in [0.1, 0.15) is 28.5 Å². The summed E-state index contributed by atoms with van der Waals surface area (Å²) in [5.74, 6) is -0.461. The number of ether oxygens (including phenoxy) is 2. The van der Waals surface area contributed by atoms with Crippen LogP contribution >= 0.6 is 11.6 Å². The maximum atomic E-state index is 11.6. The molecule has 1 amide bonds. The Kier molecular flexibility index (Phi) is 9.76. The molecular formula is C24H27ClN2O5. The van der Waals surface area contributed by atoms with Crippen LogP contribution in [0.2, 0.25) is 0 Å². The van der Waals surface area contributed by atoms with Crippen molar-refractivity contribution in [2.45, 2.75) is 19.9 Å². The number of halogens is 1. The Balaban J connectivity index is 0.000000206. The third-order valence-electron chi connectivity index (χ3n) is 4.83. The molecule has 3 aromatic rings. The highest BCUT2D eigenvalue weighted by Crippen LogP contribution is 2.27. The Hall–Kier alpha value is -3.32. The van der Waals surface area contributed by atoms with Gasteiger partial charge in [-0.3, -0.25) is 9.59 Å². The molecule has 2 aromatic carbocycles. The highest BCUT2D eigenvalue weighted by molar-refractivity contribution is 6.27. The Morgan fingerprint density at radius 3 is 2.22 bits per heavy atom. The summed E-state index contributed by atoms with van der Waals surface area (Å²) >= 11 is 5.59. The van der Waals surface area contributed by atoms with Crippen molar-refractivity contribution in [1.82, 2.24) is 9.88 Å². The van der Waals surface area contributed by atoms with E-state index in [-0.39, 0.29) is 23.7 Å². The van der Waals surface area contributed by atoms with Crippen LogP contribution in [-0.4, -0.2) is 54.4 Å². The highest BCUT2D eigenvalue weighted by Gasteiger charge is 2.22. The van der Waals surface area contributed by atoms with Gasteiger partial charge in [0, 0.05) is 30.1 Å². The Labute approximate surface area is 192 Å². The molecule has 0 aliphatic carbocycles. The average molecular weight is 459 g/mol. The lowest BCUT2D eigenvalue weighted by Crippen LogP contribution is -2.36. The van der Waals surface area contributed by atoms with E-state index >= 15 is 0 Å². The van der Waals surface area contributed by atoms with E-state index in [4.69, 9.17) is 11.6 Å². The molecule has 2 heterocycles. The number of nitrogens with one attached hydrogen (secondary N) is 1. The van der Waals surface area contributed by atoms with Gasteiger partial charge in [-0.15, -0.1) is 11.6 Å². The Morgan fingerprint density at radius 2 is 1.62 bits per heavy atom. The molecule has 32 heavy (non-hydrogen) atoms. The molecule has 1 aliphatic heterocycles. The van der Waals surface area contributed by atoms with Crippen LogP contribution in [0.5, 0.6) is 0 Å². The van der Waals surface area contributed by atoms with Crippen LogP contribution in [0.15, 0.2) is 54.6 Å². The number of hydrogen-bond donors (Lipinski definition) is 1. The minimum absolute atomic E-state index is 0.0102. The topological polar surface area (TPSA) is 88.7 Å². The predicted molar refractivity (Wildman–Crippen MR) is 124 cm³/mol. The molecule has 1 N–H and O–H groups in total. The number of carbonyl (C=O) groups excluding carboxylic acids is 3. The lowest BCUT2D eigenvalue weighted by atomic mass is 10.0. The first-order chi connectivity index (χ1) is 15.4. The SMILES string of the molecule is COC(=O)c1ccccc1.COC(C)=O.O=C(CCl)N1CCc2c([nH]c3ccccc23)C1. The summed E-state index contributed by atoms with van der Waals surface area (Å²) in [6.45, 7) is 2.77. The van der Waals surface area contributed by atoms with Crippen LogP contribution in [0, 0.1) is 0 Å². The van der Waals surface area contributed by atoms with Crippen molar-refractivity contribution in [3.8, 4) is 0 Å². The number of alkyl halides is 1. The van der Waals surface area contributed by atoms with E-state index in [0.29, 0.717) is 12.1 Å². The second-order valence-corrected chi connectivity index (χ2v) is 7.15. The monoisotopic (exact) mass is 458 g/mol. The molecule has 4 rings (SSSR count). The summed E-state index contributed by atoms with van der Waals surface area (Å²) in [7, 11) is 2.72. The van der Waals surface area contributed by atoms with Crippen molar-refractivity contribution in [2.24, 2.45) is 0 Å². The number of rotatable bonds is 2. The van der Waals surface area contributed by atoms with Crippen molar-refractivity contribution in [3.05, 3.63) is 71.4 Å². The molecule has 0 atom stereocenters. The molecule has 0 radical (unpaired) electrons. The van der Waals surface area contributed by atoms with Crippen LogP contribution in [0.3, 0.4) is 0 Å². The summed E-state index contributed by atoms with van der Waals surface area (Å²) in [5.41, 5.74) is 4.23. The van der Waals surface area contributed by atoms with Crippen molar-refractivity contribution in [3.63, 3.8) is 0 Å². The van der Waals surface area contributed by atoms with E-state index in [2.05, 4.69) is 26.6 Å². The molecule has 0 saturated carbocycles. The van der Waals surface area contributed by atoms with Crippen molar-refractivity contribution >= 4 is 40.3 Å². The normalized spacial score (nSPS) is 11.8. The van der Waals surface area contributed by atoms with Crippen molar-refractivity contribution < 1.29 is 23.9 Å². The second-order valence-electron chi connectivity index (χ2n) is 6.88. The maximum Gasteiger partial charge on any atom is 0.337 e. The van der Waals surface area contributed by atoms with E-state index in [1.54, 1.807) is 24.3 Å². The number of para-hydroxylation sites is 1. The van der Waals surface area contributed by atoms with Gasteiger partial charge in [-0.2, -0.15) is 0 Å². The van der Waals surface area contributed by atoms with Crippen molar-refractivity contribution in [2.75, 3.05) is 26.6 Å². The largest absolute Gasteiger partial charge is 0.469 e. The van der Waals surface area contributed by atoms with Gasteiger partial charge in [0.1, 0.15) is 5.88 Å². The summed E-state index contributed by atoms with van der Waals surface area (Å²) in [4.78, 5) is 37.2. The molecule has 7 nitrogen and oxygen atoms in total. The molecule has 0 saturated heterocycles. The molecule has 170 valence electrons. The highest BCUT2D eigenvalue weighted by atomic mass is 35.5. The van der Waals surface area contributed by atoms with E-state index in [0.717, 1.165) is 24.2 Å². The first-order valence-electron chi connectivity index (χ1n) is 10.0. The fourth-order valence-corrected chi connectivity index (χ4v) is 3.35. The Bertz CT molecular complexity index is 1050. The third-order valence-corrected chi connectivity index (χ3v) is 5.06. The number of hydrogen-bond acceptors (Lipinski definition) is 5. The minimum atomic E-state index is -0.291. The van der Waals surface area contributed by atoms with Crippen LogP contribution < -0.4 is 0 Å². The van der Waals surface area contributed by atoms with Gasteiger partial charge in [-0.05, 0) is 30.2 Å². The molecule has 0 unspecified atom stereocenters. The number of aromatic amines is 1. The maximum absolute atomic E-state index is 11.6. The van der Waals surface area contributed by atoms with E-state index < -0.39 is 0 Å². The Morgan fingerprint density at radius 1 is 1.00 bits per heavy atom. The first-order valence-corrected chi connectivity index (χ1v) is 10.5. The molecule has 1 aliphatic rings. The number of amides is 1. The fraction of sp³-hybridized carbons (Fsp3) is 0.292. The first kappa shape index (κ1) is 24.9. The number of benzene rings is 2. The van der Waals surface area contributed by atoms with Gasteiger partial charge >= 0.3 is 11.9 Å². The summed E-state index contributed by atoms with van der Waals surface area (Å²) in [5, 5.41) is 1.28.